The molecule has 9 heteroatoms. The number of alkyl carbamates (subject to hydrolysis) is 1. The number of alkyl halides is 2. The third-order valence-electron chi connectivity index (χ3n) is 2.52. The van der Waals surface area contributed by atoms with Crippen LogP contribution in [0, 0.1) is 10.1 Å². The summed E-state index contributed by atoms with van der Waals surface area (Å²) in [5.74, 6) is -3.40. The van der Waals surface area contributed by atoms with Gasteiger partial charge >= 0.3 is 12.0 Å². The van der Waals surface area contributed by atoms with Crippen LogP contribution < -0.4 is 5.32 Å². The smallest absolute Gasteiger partial charge is 0.408 e. The Morgan fingerprint density at radius 2 is 2.05 bits per heavy atom. The average molecular weight is 295 g/mol. The van der Waals surface area contributed by atoms with Gasteiger partial charge in [-0.15, -0.1) is 12.4 Å². The van der Waals surface area contributed by atoms with E-state index in [1.165, 1.54) is 18.2 Å². The highest BCUT2D eigenvalue weighted by Gasteiger charge is 2.48. The summed E-state index contributed by atoms with van der Waals surface area (Å²) in [5.41, 5.74) is -0.714. The molecule has 1 atom stereocenters. The number of carbonyl (C=O) groups excluding carboxylic acids is 1. The summed E-state index contributed by atoms with van der Waals surface area (Å²) in [4.78, 5) is 21.0. The number of nitro groups is 1. The van der Waals surface area contributed by atoms with Crippen LogP contribution in [0.1, 0.15) is 11.6 Å². The normalized spacial score (nSPS) is 20.7. The Labute approximate surface area is 112 Å². The van der Waals surface area contributed by atoms with Crippen molar-refractivity contribution >= 4 is 24.2 Å². The van der Waals surface area contributed by atoms with Gasteiger partial charge in [-0.05, 0) is 6.07 Å². The van der Waals surface area contributed by atoms with Crippen molar-refractivity contribution in [3.63, 3.8) is 0 Å². The molecule has 1 aliphatic heterocycles. The molecule has 1 amide bonds. The molecule has 1 fully saturated rings. The Balaban J connectivity index is 0.00000180. The first kappa shape index (κ1) is 15.1. The first-order valence-corrected chi connectivity index (χ1v) is 4.96. The summed E-state index contributed by atoms with van der Waals surface area (Å²) in [6, 6.07) is 3.27. The highest BCUT2D eigenvalue weighted by Crippen LogP contribution is 2.38. The minimum Gasteiger partial charge on any atom is -0.443 e. The zero-order chi connectivity index (χ0) is 13.3. The van der Waals surface area contributed by atoms with E-state index in [4.69, 9.17) is 0 Å². The van der Waals surface area contributed by atoms with Crippen LogP contribution in [0.4, 0.5) is 19.3 Å². The molecule has 1 aromatic rings. The van der Waals surface area contributed by atoms with E-state index in [2.05, 4.69) is 4.74 Å². The summed E-state index contributed by atoms with van der Waals surface area (Å²) in [5, 5.41) is 12.7. The van der Waals surface area contributed by atoms with Gasteiger partial charge in [0.05, 0.1) is 10.5 Å². The van der Waals surface area contributed by atoms with Gasteiger partial charge in [0.15, 0.2) is 6.61 Å². The highest BCUT2D eigenvalue weighted by molar-refractivity contribution is 5.85. The van der Waals surface area contributed by atoms with Gasteiger partial charge in [0.2, 0.25) is 0 Å². The third kappa shape index (κ3) is 2.90. The predicted molar refractivity (Wildman–Crippen MR) is 62.5 cm³/mol. The van der Waals surface area contributed by atoms with Gasteiger partial charge in [-0.2, -0.15) is 0 Å². The molecular formula is C10H9ClF2N2O4. The van der Waals surface area contributed by atoms with Gasteiger partial charge in [0.25, 0.3) is 5.69 Å². The number of carbonyl (C=O) groups is 1. The van der Waals surface area contributed by atoms with E-state index in [-0.39, 0.29) is 18.0 Å². The summed E-state index contributed by atoms with van der Waals surface area (Å²) in [6.07, 6.45) is -1.02. The molecule has 0 aromatic heterocycles. The summed E-state index contributed by atoms with van der Waals surface area (Å²) in [6.45, 7) is -1.10. The van der Waals surface area contributed by atoms with Crippen molar-refractivity contribution in [1.82, 2.24) is 5.32 Å². The molecule has 6 nitrogen and oxygen atoms in total. The van der Waals surface area contributed by atoms with Crippen LogP contribution in [-0.4, -0.2) is 23.5 Å². The SMILES string of the molecule is Cl.O=C1N[C@H](c2ccccc2[N+](=O)[O-])C(F)(F)CO1. The van der Waals surface area contributed by atoms with Gasteiger partial charge in [-0.25, -0.2) is 13.6 Å². The number of nitrogens with one attached hydrogen (secondary N) is 1. The maximum Gasteiger partial charge on any atom is 0.408 e. The fourth-order valence-electron chi connectivity index (χ4n) is 1.71. The molecule has 0 saturated carbocycles. The molecule has 1 aromatic carbocycles. The number of hydrogen-bond acceptors (Lipinski definition) is 4. The van der Waals surface area contributed by atoms with E-state index < -0.39 is 35.3 Å². The van der Waals surface area contributed by atoms with Crippen molar-refractivity contribution in [3.8, 4) is 0 Å². The lowest BCUT2D eigenvalue weighted by Crippen LogP contribution is -2.49. The van der Waals surface area contributed by atoms with Crippen LogP contribution >= 0.6 is 12.4 Å². The number of rotatable bonds is 2. The van der Waals surface area contributed by atoms with Crippen molar-refractivity contribution in [2.45, 2.75) is 12.0 Å². The Bertz CT molecular complexity index is 512. The maximum atomic E-state index is 13.6. The zero-order valence-electron chi connectivity index (χ0n) is 9.34. The van der Waals surface area contributed by atoms with Crippen LogP contribution in [-0.2, 0) is 4.74 Å². The zero-order valence-corrected chi connectivity index (χ0v) is 10.2. The van der Waals surface area contributed by atoms with Crippen molar-refractivity contribution in [1.29, 1.82) is 0 Å². The van der Waals surface area contributed by atoms with Crippen molar-refractivity contribution < 1.29 is 23.2 Å². The number of ether oxygens (including phenoxy) is 1. The number of para-hydroxylation sites is 1. The quantitative estimate of drug-likeness (QED) is 0.671. The molecular weight excluding hydrogens is 286 g/mol. The lowest BCUT2D eigenvalue weighted by atomic mass is 9.98. The monoisotopic (exact) mass is 294 g/mol. The van der Waals surface area contributed by atoms with Crippen LogP contribution in [0.3, 0.4) is 0 Å². The molecule has 1 saturated heterocycles. The molecule has 1 aliphatic rings. The van der Waals surface area contributed by atoms with Crippen molar-refractivity contribution in [2.75, 3.05) is 6.61 Å². The molecule has 19 heavy (non-hydrogen) atoms. The molecule has 1 heterocycles. The van der Waals surface area contributed by atoms with Gasteiger partial charge in [0.1, 0.15) is 6.04 Å². The molecule has 0 bridgehead atoms. The van der Waals surface area contributed by atoms with Crippen LogP contribution in [0.15, 0.2) is 24.3 Å². The number of nitro benzene ring substituents is 1. The summed E-state index contributed by atoms with van der Waals surface area (Å²) in [7, 11) is 0. The molecule has 0 unspecified atom stereocenters. The molecule has 104 valence electrons. The second-order valence-electron chi connectivity index (χ2n) is 3.73. The largest absolute Gasteiger partial charge is 0.443 e. The second-order valence-corrected chi connectivity index (χ2v) is 3.73. The number of amides is 1. The number of halogens is 3. The van der Waals surface area contributed by atoms with E-state index in [0.717, 1.165) is 6.07 Å². The molecule has 0 spiro atoms. The fraction of sp³-hybridized carbons (Fsp3) is 0.300. The van der Waals surface area contributed by atoms with Crippen molar-refractivity contribution in [3.05, 3.63) is 39.9 Å². The Morgan fingerprint density at radius 3 is 2.68 bits per heavy atom. The number of benzene rings is 1. The van der Waals surface area contributed by atoms with Gasteiger partial charge in [-0.1, -0.05) is 12.1 Å². The average Bonchev–Trinajstić information content (AvgIpc) is 2.32. The Hall–Kier alpha value is -1.96. The second kappa shape index (κ2) is 5.35. The number of nitrogens with zero attached hydrogens (tertiary/aromatic N) is 1. The fourth-order valence-corrected chi connectivity index (χ4v) is 1.71. The lowest BCUT2D eigenvalue weighted by Gasteiger charge is -2.31. The van der Waals surface area contributed by atoms with Crippen LogP contribution in [0.2, 0.25) is 0 Å². The molecule has 0 aliphatic carbocycles. The maximum absolute atomic E-state index is 13.6. The lowest BCUT2D eigenvalue weighted by molar-refractivity contribution is -0.386. The predicted octanol–water partition coefficient (Wildman–Crippen LogP) is 2.43. The molecule has 2 rings (SSSR count). The number of hydrogen-bond donors (Lipinski definition) is 1. The van der Waals surface area contributed by atoms with E-state index in [1.54, 1.807) is 0 Å². The van der Waals surface area contributed by atoms with E-state index in [9.17, 15) is 23.7 Å². The van der Waals surface area contributed by atoms with E-state index in [1.807, 2.05) is 5.32 Å². The Morgan fingerprint density at radius 1 is 1.42 bits per heavy atom. The van der Waals surface area contributed by atoms with E-state index >= 15 is 0 Å². The first-order chi connectivity index (χ1) is 8.42. The minimum absolute atomic E-state index is 0. The standard InChI is InChI=1S/C10H8F2N2O4.ClH/c11-10(12)5-18-9(15)13-8(10)6-3-1-2-4-7(6)14(16)17;/h1-4,8H,5H2,(H,13,15);1H/t8-;/m1./s1. The first-order valence-electron chi connectivity index (χ1n) is 4.96. The molecule has 1 N–H and O–H groups in total. The van der Waals surface area contributed by atoms with Crippen molar-refractivity contribution in [2.24, 2.45) is 0 Å². The van der Waals surface area contributed by atoms with Gasteiger partial charge in [0, 0.05) is 6.07 Å². The third-order valence-corrected chi connectivity index (χ3v) is 2.52. The Kier molecular flexibility index (Phi) is 4.25. The van der Waals surface area contributed by atoms with Gasteiger partial charge < -0.3 is 10.1 Å². The van der Waals surface area contributed by atoms with E-state index in [0.29, 0.717) is 0 Å². The summed E-state index contributed by atoms with van der Waals surface area (Å²) < 4.78 is 31.4. The minimum atomic E-state index is -3.40. The molecule has 0 radical (unpaired) electrons. The highest BCUT2D eigenvalue weighted by atomic mass is 35.5. The van der Waals surface area contributed by atoms with Gasteiger partial charge in [-0.3, -0.25) is 10.1 Å². The number of cyclic esters (lactones) is 1. The summed E-state index contributed by atoms with van der Waals surface area (Å²) >= 11 is 0. The topological polar surface area (TPSA) is 81.5 Å². The van der Waals surface area contributed by atoms with Crippen LogP contribution in [0.5, 0.6) is 0 Å². The van der Waals surface area contributed by atoms with Crippen LogP contribution in [0.25, 0.3) is 0 Å².